The second-order valence-corrected chi connectivity index (χ2v) is 7.41. The summed E-state index contributed by atoms with van der Waals surface area (Å²) >= 11 is 0. The summed E-state index contributed by atoms with van der Waals surface area (Å²) in [6, 6.07) is 1.97. The number of halogens is 2. The van der Waals surface area contributed by atoms with Gasteiger partial charge >= 0.3 is 0 Å². The Morgan fingerprint density at radius 1 is 1.33 bits per heavy atom. The molecule has 158 valence electrons. The third-order valence-electron chi connectivity index (χ3n) is 5.65. The number of pyridine rings is 1. The van der Waals surface area contributed by atoms with E-state index >= 15 is 0 Å². The van der Waals surface area contributed by atoms with E-state index in [9.17, 15) is 28.3 Å². The Morgan fingerprint density at radius 2 is 2.07 bits per heavy atom. The molecule has 0 aliphatic carbocycles. The zero-order chi connectivity index (χ0) is 21.7. The van der Waals surface area contributed by atoms with Crippen LogP contribution >= 0.6 is 0 Å². The van der Waals surface area contributed by atoms with Gasteiger partial charge in [-0.2, -0.15) is 0 Å². The molecular weight excluding hydrogens is 398 g/mol. The molecular formula is C20H20F2N4O4. The number of hydrogen-bond donors (Lipinski definition) is 3. The van der Waals surface area contributed by atoms with Gasteiger partial charge in [0.1, 0.15) is 17.2 Å². The molecule has 0 unspecified atom stereocenters. The molecule has 3 heterocycles. The number of likely N-dealkylation sites (N-methyl/N-ethyl adjacent to an activating group) is 1. The number of nitrogens with zero attached hydrogens (tertiary/aromatic N) is 2. The molecule has 30 heavy (non-hydrogen) atoms. The third kappa shape index (κ3) is 2.95. The molecule has 0 bridgehead atoms. The topological polar surface area (TPSA) is 118 Å². The summed E-state index contributed by atoms with van der Waals surface area (Å²) in [6.45, 7) is 2.24. The van der Waals surface area contributed by atoms with E-state index in [0.29, 0.717) is 25.6 Å². The van der Waals surface area contributed by atoms with Gasteiger partial charge < -0.3 is 25.6 Å². The molecule has 0 saturated carbocycles. The van der Waals surface area contributed by atoms with Gasteiger partial charge in [-0.1, -0.05) is 6.07 Å². The molecule has 2 atom stereocenters. The molecule has 2 aliphatic heterocycles. The molecule has 2 aliphatic rings. The Bertz CT molecular complexity index is 1130. The molecule has 4 N–H and O–H groups in total. The van der Waals surface area contributed by atoms with Crippen molar-refractivity contribution in [3.8, 4) is 5.75 Å². The van der Waals surface area contributed by atoms with Crippen molar-refractivity contribution in [2.24, 2.45) is 5.73 Å². The van der Waals surface area contributed by atoms with Crippen molar-refractivity contribution >= 4 is 11.8 Å². The minimum atomic E-state index is -1.00. The van der Waals surface area contributed by atoms with E-state index in [-0.39, 0.29) is 35.1 Å². The standard InChI is InChI=1S/C20H20F2N4O4/c1-2-25-8-11-6-13(23)15-14(17(27)18(28)16(20(25)30)26(11)15)19(29)24-7-9-3-4-10(21)5-12(9)22/h3-5,11,13,28H,2,6-8,23H2,1H3,(H,24,29)/t11-,13-/m0/s1. The number of carbonyl (C=O) groups is 2. The Morgan fingerprint density at radius 3 is 2.73 bits per heavy atom. The van der Waals surface area contributed by atoms with Crippen LogP contribution in [0.2, 0.25) is 0 Å². The highest BCUT2D eigenvalue weighted by Gasteiger charge is 2.43. The van der Waals surface area contributed by atoms with Crippen molar-refractivity contribution in [3.63, 3.8) is 0 Å². The van der Waals surface area contributed by atoms with Crippen molar-refractivity contribution in [2.75, 3.05) is 13.1 Å². The molecule has 2 aromatic rings. The molecule has 10 heteroatoms. The van der Waals surface area contributed by atoms with Crippen LogP contribution in [0.25, 0.3) is 0 Å². The number of amides is 2. The average molecular weight is 418 g/mol. The van der Waals surface area contributed by atoms with E-state index < -0.39 is 40.7 Å². The maximum Gasteiger partial charge on any atom is 0.274 e. The van der Waals surface area contributed by atoms with Crippen LogP contribution in [0, 0.1) is 11.6 Å². The van der Waals surface area contributed by atoms with Crippen molar-refractivity contribution in [1.82, 2.24) is 14.8 Å². The number of nitrogens with one attached hydrogen (secondary N) is 1. The summed E-state index contributed by atoms with van der Waals surface area (Å²) < 4.78 is 28.4. The molecule has 0 spiro atoms. The van der Waals surface area contributed by atoms with Crippen molar-refractivity contribution in [1.29, 1.82) is 0 Å². The summed E-state index contributed by atoms with van der Waals surface area (Å²) in [5, 5.41) is 12.9. The number of nitrogens with two attached hydrogens (primary N) is 1. The van der Waals surface area contributed by atoms with E-state index in [0.717, 1.165) is 6.07 Å². The lowest BCUT2D eigenvalue weighted by molar-refractivity contribution is 0.0675. The summed E-state index contributed by atoms with van der Waals surface area (Å²) in [6.07, 6.45) is 0.395. The van der Waals surface area contributed by atoms with Crippen LogP contribution in [-0.4, -0.2) is 39.5 Å². The number of benzene rings is 1. The second-order valence-electron chi connectivity index (χ2n) is 7.41. The monoisotopic (exact) mass is 418 g/mol. The van der Waals surface area contributed by atoms with Crippen LogP contribution in [0.3, 0.4) is 0 Å². The third-order valence-corrected chi connectivity index (χ3v) is 5.65. The Kier molecular flexibility index (Phi) is 4.81. The van der Waals surface area contributed by atoms with E-state index in [1.54, 1.807) is 6.92 Å². The first-order valence-corrected chi connectivity index (χ1v) is 9.52. The van der Waals surface area contributed by atoms with Gasteiger partial charge in [0.2, 0.25) is 5.43 Å². The van der Waals surface area contributed by atoms with Gasteiger partial charge in [0.15, 0.2) is 11.4 Å². The molecule has 8 nitrogen and oxygen atoms in total. The lowest BCUT2D eigenvalue weighted by Gasteiger charge is -2.33. The predicted molar refractivity (Wildman–Crippen MR) is 102 cm³/mol. The van der Waals surface area contributed by atoms with Crippen LogP contribution < -0.4 is 16.5 Å². The van der Waals surface area contributed by atoms with Gasteiger partial charge in [0, 0.05) is 37.3 Å². The highest BCUT2D eigenvalue weighted by Crippen LogP contribution is 2.40. The number of aromatic nitrogens is 1. The molecule has 0 saturated heterocycles. The van der Waals surface area contributed by atoms with Crippen LogP contribution in [0.5, 0.6) is 5.75 Å². The second kappa shape index (κ2) is 7.21. The molecule has 0 radical (unpaired) electrons. The van der Waals surface area contributed by atoms with Crippen molar-refractivity contribution < 1.29 is 23.5 Å². The fourth-order valence-corrected chi connectivity index (χ4v) is 4.22. The molecule has 4 rings (SSSR count). The molecule has 0 fully saturated rings. The zero-order valence-electron chi connectivity index (χ0n) is 16.1. The summed E-state index contributed by atoms with van der Waals surface area (Å²) in [4.78, 5) is 39.8. The van der Waals surface area contributed by atoms with Gasteiger partial charge in [-0.05, 0) is 19.4 Å². The smallest absolute Gasteiger partial charge is 0.274 e. The van der Waals surface area contributed by atoms with Gasteiger partial charge in [-0.15, -0.1) is 0 Å². The van der Waals surface area contributed by atoms with Crippen LogP contribution in [0.4, 0.5) is 8.78 Å². The van der Waals surface area contributed by atoms with Crippen LogP contribution in [-0.2, 0) is 6.54 Å². The maximum atomic E-state index is 13.8. The quantitative estimate of drug-likeness (QED) is 0.689. The molecule has 2 amide bonds. The number of carbonyl (C=O) groups excluding carboxylic acids is 2. The first kappa shape index (κ1) is 20.0. The van der Waals surface area contributed by atoms with Gasteiger partial charge in [0.25, 0.3) is 11.8 Å². The van der Waals surface area contributed by atoms with Crippen LogP contribution in [0.15, 0.2) is 23.0 Å². The van der Waals surface area contributed by atoms with Crippen molar-refractivity contribution in [2.45, 2.75) is 32.0 Å². The van der Waals surface area contributed by atoms with E-state index in [1.807, 2.05) is 0 Å². The Labute approximate surface area is 169 Å². The highest BCUT2D eigenvalue weighted by molar-refractivity contribution is 6.00. The lowest BCUT2D eigenvalue weighted by atomic mass is 10.0. The normalized spacial score (nSPS) is 19.7. The number of rotatable bonds is 4. The van der Waals surface area contributed by atoms with E-state index in [4.69, 9.17) is 5.73 Å². The van der Waals surface area contributed by atoms with E-state index in [2.05, 4.69) is 5.32 Å². The van der Waals surface area contributed by atoms with Gasteiger partial charge in [-0.3, -0.25) is 14.4 Å². The largest absolute Gasteiger partial charge is 0.503 e. The number of hydrogen-bond acceptors (Lipinski definition) is 5. The van der Waals surface area contributed by atoms with Gasteiger partial charge in [-0.25, -0.2) is 8.78 Å². The van der Waals surface area contributed by atoms with E-state index in [1.165, 1.54) is 15.5 Å². The Balaban J connectivity index is 1.75. The van der Waals surface area contributed by atoms with Crippen LogP contribution in [0.1, 0.15) is 57.5 Å². The SMILES string of the molecule is CCN1C[C@@H]2C[C@H](N)c3c(C(=O)NCc4ccc(F)cc4F)c(=O)c(O)c(n32)C1=O. The average Bonchev–Trinajstić information content (AvgIpc) is 3.02. The molecule has 1 aromatic carbocycles. The first-order chi connectivity index (χ1) is 14.2. The lowest BCUT2D eigenvalue weighted by Crippen LogP contribution is -2.44. The molecule has 1 aromatic heterocycles. The summed E-state index contributed by atoms with van der Waals surface area (Å²) in [5.74, 6) is -3.76. The Hall–Kier alpha value is -3.27. The maximum absolute atomic E-state index is 13.8. The summed E-state index contributed by atoms with van der Waals surface area (Å²) in [5.41, 5.74) is 4.86. The fraction of sp³-hybridized carbons (Fsp3) is 0.350. The first-order valence-electron chi connectivity index (χ1n) is 9.52. The fourth-order valence-electron chi connectivity index (χ4n) is 4.22. The predicted octanol–water partition coefficient (Wildman–Crippen LogP) is 1.18. The minimum absolute atomic E-state index is 0.0272. The highest BCUT2D eigenvalue weighted by atomic mass is 19.1. The number of aromatic hydroxyl groups is 1. The minimum Gasteiger partial charge on any atom is -0.503 e. The zero-order valence-corrected chi connectivity index (χ0v) is 16.1. The van der Waals surface area contributed by atoms with Crippen molar-refractivity contribution in [3.05, 3.63) is 62.6 Å². The summed E-state index contributed by atoms with van der Waals surface area (Å²) in [7, 11) is 0. The van der Waals surface area contributed by atoms with Gasteiger partial charge in [0.05, 0.1) is 11.7 Å².